The number of ether oxygens (including phenoxy) is 1. The van der Waals surface area contributed by atoms with Gasteiger partial charge in [0, 0.05) is 29.8 Å². The number of methoxy groups -OCH3 is 1. The van der Waals surface area contributed by atoms with Gasteiger partial charge in [-0.05, 0) is 48.2 Å². The highest BCUT2D eigenvalue weighted by atomic mass is 16.5. The summed E-state index contributed by atoms with van der Waals surface area (Å²) in [7, 11) is 1.61. The fraction of sp³-hybridized carbons (Fsp3) is 0.286. The molecule has 0 fully saturated rings. The summed E-state index contributed by atoms with van der Waals surface area (Å²) in [5, 5.41) is 3.06. The number of hydrogen-bond acceptors (Lipinski definition) is 3. The van der Waals surface area contributed by atoms with E-state index in [1.54, 1.807) is 12.0 Å². The van der Waals surface area contributed by atoms with Crippen LogP contribution < -0.4 is 15.0 Å². The van der Waals surface area contributed by atoms with Crippen LogP contribution in [-0.4, -0.2) is 24.5 Å². The van der Waals surface area contributed by atoms with Gasteiger partial charge in [-0.2, -0.15) is 0 Å². The Labute approximate surface area is 195 Å². The maximum Gasteiger partial charge on any atom is 0.259 e. The summed E-state index contributed by atoms with van der Waals surface area (Å²) in [5.41, 5.74) is 3.18. The maximum absolute atomic E-state index is 13.7. The van der Waals surface area contributed by atoms with E-state index >= 15 is 0 Å². The zero-order chi connectivity index (χ0) is 23.6. The minimum atomic E-state index is -1.08. The molecule has 33 heavy (non-hydrogen) atoms. The average Bonchev–Trinajstić information content (AvgIpc) is 2.82. The second kappa shape index (κ2) is 9.10. The lowest BCUT2D eigenvalue weighted by Gasteiger charge is -2.44. The lowest BCUT2D eigenvalue weighted by atomic mass is 9.82. The van der Waals surface area contributed by atoms with Gasteiger partial charge in [0.1, 0.15) is 11.3 Å². The van der Waals surface area contributed by atoms with Crippen molar-refractivity contribution in [2.75, 3.05) is 12.0 Å². The SMILES string of the molecule is COc1ccccc1CNC(=O)C1(C)Cc2ccccc2C(=O)N1c1cccc(C(C)C)c1. The molecule has 0 spiro atoms. The monoisotopic (exact) mass is 442 g/mol. The third-order valence-electron chi connectivity index (χ3n) is 6.40. The molecule has 2 amide bonds. The first-order valence-corrected chi connectivity index (χ1v) is 11.3. The molecule has 1 N–H and O–H groups in total. The number of nitrogens with zero attached hydrogens (tertiary/aromatic N) is 1. The topological polar surface area (TPSA) is 58.6 Å². The number of nitrogens with one attached hydrogen (secondary N) is 1. The lowest BCUT2D eigenvalue weighted by molar-refractivity contribution is -0.126. The van der Waals surface area contributed by atoms with Crippen LogP contribution in [0.15, 0.2) is 72.8 Å². The van der Waals surface area contributed by atoms with Crippen LogP contribution in [0.2, 0.25) is 0 Å². The molecule has 0 aliphatic carbocycles. The Balaban J connectivity index is 1.73. The number of benzene rings is 3. The Kier molecular flexibility index (Phi) is 6.23. The summed E-state index contributed by atoms with van der Waals surface area (Å²) < 4.78 is 5.42. The number of anilines is 1. The highest BCUT2D eigenvalue weighted by molar-refractivity contribution is 6.14. The highest BCUT2D eigenvalue weighted by Gasteiger charge is 2.47. The molecule has 1 aliphatic rings. The van der Waals surface area contributed by atoms with Crippen molar-refractivity contribution < 1.29 is 14.3 Å². The number of rotatable bonds is 6. The molecule has 1 unspecified atom stereocenters. The van der Waals surface area contributed by atoms with Gasteiger partial charge >= 0.3 is 0 Å². The summed E-state index contributed by atoms with van der Waals surface area (Å²) >= 11 is 0. The van der Waals surface area contributed by atoms with E-state index < -0.39 is 5.54 Å². The summed E-state index contributed by atoms with van der Waals surface area (Å²) in [4.78, 5) is 29.1. The van der Waals surface area contributed by atoms with Crippen molar-refractivity contribution in [2.24, 2.45) is 0 Å². The Bertz CT molecular complexity index is 1190. The van der Waals surface area contributed by atoms with Gasteiger partial charge in [-0.1, -0.05) is 62.4 Å². The number of fused-ring (bicyclic) bond motifs is 1. The number of hydrogen-bond donors (Lipinski definition) is 1. The molecule has 1 heterocycles. The fourth-order valence-electron chi connectivity index (χ4n) is 4.50. The van der Waals surface area contributed by atoms with Crippen molar-refractivity contribution in [3.05, 3.63) is 95.1 Å². The van der Waals surface area contributed by atoms with Crippen molar-refractivity contribution in [1.29, 1.82) is 0 Å². The molecule has 5 heteroatoms. The van der Waals surface area contributed by atoms with Crippen LogP contribution in [0, 0.1) is 0 Å². The number of carbonyl (C=O) groups excluding carboxylic acids is 2. The van der Waals surface area contributed by atoms with E-state index in [0.717, 1.165) is 28.1 Å². The van der Waals surface area contributed by atoms with E-state index in [-0.39, 0.29) is 11.8 Å². The number of amides is 2. The second-order valence-electron chi connectivity index (χ2n) is 8.99. The van der Waals surface area contributed by atoms with Crippen LogP contribution in [0.25, 0.3) is 0 Å². The van der Waals surface area contributed by atoms with Crippen molar-refractivity contribution >= 4 is 17.5 Å². The standard InChI is InChI=1S/C28H30N2O3/c1-19(2)20-12-9-13-23(16-20)30-26(31)24-14-7-5-10-21(24)17-28(30,3)27(32)29-18-22-11-6-8-15-25(22)33-4/h5-16,19H,17-18H2,1-4H3,(H,29,32). The molecule has 0 saturated heterocycles. The van der Waals surface area contributed by atoms with Gasteiger partial charge < -0.3 is 10.1 Å². The maximum atomic E-state index is 13.7. The smallest absolute Gasteiger partial charge is 0.259 e. The van der Waals surface area contributed by atoms with Gasteiger partial charge in [0.2, 0.25) is 5.91 Å². The van der Waals surface area contributed by atoms with Crippen LogP contribution in [0.3, 0.4) is 0 Å². The molecular formula is C28H30N2O3. The molecule has 170 valence electrons. The summed E-state index contributed by atoms with van der Waals surface area (Å²) in [5.74, 6) is 0.663. The third kappa shape index (κ3) is 4.23. The van der Waals surface area contributed by atoms with Gasteiger partial charge in [0.15, 0.2) is 0 Å². The van der Waals surface area contributed by atoms with E-state index in [1.165, 1.54) is 0 Å². The first-order chi connectivity index (χ1) is 15.8. The van der Waals surface area contributed by atoms with Gasteiger partial charge in [0.05, 0.1) is 7.11 Å². The highest BCUT2D eigenvalue weighted by Crippen LogP contribution is 2.36. The van der Waals surface area contributed by atoms with Crippen LogP contribution in [0.4, 0.5) is 5.69 Å². The Morgan fingerprint density at radius 1 is 1.06 bits per heavy atom. The normalized spacial score (nSPS) is 17.6. The third-order valence-corrected chi connectivity index (χ3v) is 6.40. The Morgan fingerprint density at radius 2 is 1.79 bits per heavy atom. The van der Waals surface area contributed by atoms with Crippen molar-refractivity contribution in [2.45, 2.75) is 45.2 Å². The number of para-hydroxylation sites is 1. The second-order valence-corrected chi connectivity index (χ2v) is 8.99. The predicted octanol–water partition coefficient (Wildman–Crippen LogP) is 5.10. The minimum absolute atomic E-state index is 0.160. The van der Waals surface area contributed by atoms with E-state index in [1.807, 2.05) is 73.7 Å². The number of carbonyl (C=O) groups is 2. The Hall–Kier alpha value is -3.60. The van der Waals surface area contributed by atoms with Crippen LogP contribution in [-0.2, 0) is 17.8 Å². The van der Waals surface area contributed by atoms with E-state index in [0.29, 0.717) is 24.4 Å². The van der Waals surface area contributed by atoms with E-state index in [4.69, 9.17) is 4.74 Å². The lowest BCUT2D eigenvalue weighted by Crippen LogP contribution is -2.63. The molecule has 0 radical (unpaired) electrons. The van der Waals surface area contributed by atoms with Crippen molar-refractivity contribution in [1.82, 2.24) is 5.32 Å². The molecule has 5 nitrogen and oxygen atoms in total. The quantitative estimate of drug-likeness (QED) is 0.578. The van der Waals surface area contributed by atoms with Crippen LogP contribution in [0.1, 0.15) is 53.7 Å². The largest absolute Gasteiger partial charge is 0.496 e. The first-order valence-electron chi connectivity index (χ1n) is 11.3. The predicted molar refractivity (Wildman–Crippen MR) is 131 cm³/mol. The van der Waals surface area contributed by atoms with Crippen LogP contribution >= 0.6 is 0 Å². The molecule has 4 rings (SSSR count). The fourth-order valence-corrected chi connectivity index (χ4v) is 4.50. The summed E-state index contributed by atoms with van der Waals surface area (Å²) in [6, 6.07) is 23.1. The molecule has 1 atom stereocenters. The van der Waals surface area contributed by atoms with Gasteiger partial charge in [-0.25, -0.2) is 0 Å². The van der Waals surface area contributed by atoms with Crippen molar-refractivity contribution in [3.63, 3.8) is 0 Å². The molecule has 3 aromatic rings. The van der Waals surface area contributed by atoms with Crippen LogP contribution in [0.5, 0.6) is 5.75 Å². The molecule has 0 bridgehead atoms. The van der Waals surface area contributed by atoms with Gasteiger partial charge in [-0.3, -0.25) is 14.5 Å². The first kappa shape index (κ1) is 22.6. The van der Waals surface area contributed by atoms with Gasteiger partial charge in [0.25, 0.3) is 5.91 Å². The minimum Gasteiger partial charge on any atom is -0.496 e. The summed E-state index contributed by atoms with van der Waals surface area (Å²) in [6.45, 7) is 6.39. The molecule has 3 aromatic carbocycles. The zero-order valence-electron chi connectivity index (χ0n) is 19.6. The van der Waals surface area contributed by atoms with E-state index in [9.17, 15) is 9.59 Å². The molecular weight excluding hydrogens is 412 g/mol. The molecule has 0 aromatic heterocycles. The van der Waals surface area contributed by atoms with E-state index in [2.05, 4.69) is 25.2 Å². The Morgan fingerprint density at radius 3 is 2.55 bits per heavy atom. The average molecular weight is 443 g/mol. The summed E-state index contributed by atoms with van der Waals surface area (Å²) in [6.07, 6.45) is 0.429. The molecule has 0 saturated carbocycles. The van der Waals surface area contributed by atoms with Crippen molar-refractivity contribution in [3.8, 4) is 5.75 Å². The zero-order valence-corrected chi connectivity index (χ0v) is 19.6. The van der Waals surface area contributed by atoms with Gasteiger partial charge in [-0.15, -0.1) is 0 Å². The molecule has 1 aliphatic heterocycles.